The van der Waals surface area contributed by atoms with Crippen LogP contribution in [-0.4, -0.2) is 39.4 Å². The van der Waals surface area contributed by atoms with E-state index in [2.05, 4.69) is 10.3 Å². The molecule has 1 saturated heterocycles. The van der Waals surface area contributed by atoms with E-state index < -0.39 is 11.3 Å². The maximum absolute atomic E-state index is 13.4. The van der Waals surface area contributed by atoms with Crippen LogP contribution in [0.15, 0.2) is 65.8 Å². The minimum absolute atomic E-state index is 0.0150. The van der Waals surface area contributed by atoms with Crippen LogP contribution in [0, 0.1) is 6.92 Å². The van der Waals surface area contributed by atoms with Crippen molar-refractivity contribution >= 4 is 11.8 Å². The summed E-state index contributed by atoms with van der Waals surface area (Å²) >= 11 is 0. The quantitative estimate of drug-likeness (QED) is 0.568. The van der Waals surface area contributed by atoms with Crippen LogP contribution in [0.4, 0.5) is 0 Å². The summed E-state index contributed by atoms with van der Waals surface area (Å²) in [4.78, 5) is 45.9. The first-order valence-corrected chi connectivity index (χ1v) is 12.3. The predicted molar refractivity (Wildman–Crippen MR) is 135 cm³/mol. The van der Waals surface area contributed by atoms with Gasteiger partial charge in [-0.3, -0.25) is 19.4 Å². The monoisotopic (exact) mass is 472 g/mol. The summed E-state index contributed by atoms with van der Waals surface area (Å²) in [5.74, 6) is -0.774. The van der Waals surface area contributed by atoms with E-state index in [0.29, 0.717) is 32.6 Å². The Labute approximate surface area is 205 Å². The van der Waals surface area contributed by atoms with E-state index in [4.69, 9.17) is 0 Å². The van der Waals surface area contributed by atoms with E-state index in [1.165, 1.54) is 0 Å². The smallest absolute Gasteiger partial charge is 0.259 e. The number of nitrogens with one attached hydrogen (secondary N) is 1. The highest BCUT2D eigenvalue weighted by atomic mass is 16.2. The van der Waals surface area contributed by atoms with Gasteiger partial charge >= 0.3 is 0 Å². The summed E-state index contributed by atoms with van der Waals surface area (Å²) < 4.78 is 1.77. The lowest BCUT2D eigenvalue weighted by atomic mass is 10.1. The largest absolute Gasteiger partial charge is 0.352 e. The Morgan fingerprint density at radius 1 is 0.943 bits per heavy atom. The van der Waals surface area contributed by atoms with Gasteiger partial charge in [-0.25, -0.2) is 0 Å². The zero-order valence-corrected chi connectivity index (χ0v) is 20.2. The molecular formula is C28H32N4O3. The van der Waals surface area contributed by atoms with E-state index in [9.17, 15) is 14.4 Å². The van der Waals surface area contributed by atoms with E-state index in [1.807, 2.05) is 49.4 Å². The molecule has 0 radical (unpaired) electrons. The predicted octanol–water partition coefficient (Wildman–Crippen LogP) is 3.74. The number of hydrogen-bond acceptors (Lipinski definition) is 4. The van der Waals surface area contributed by atoms with Gasteiger partial charge in [-0.1, -0.05) is 48.7 Å². The molecule has 0 unspecified atom stereocenters. The molecule has 2 amide bonds. The molecule has 1 fully saturated rings. The molecule has 0 spiro atoms. The van der Waals surface area contributed by atoms with Crippen molar-refractivity contribution in [2.75, 3.05) is 13.1 Å². The van der Waals surface area contributed by atoms with Crippen molar-refractivity contribution in [1.29, 1.82) is 0 Å². The van der Waals surface area contributed by atoms with Crippen molar-refractivity contribution in [2.24, 2.45) is 0 Å². The van der Waals surface area contributed by atoms with Crippen molar-refractivity contribution in [3.05, 3.63) is 99.2 Å². The Kier molecular flexibility index (Phi) is 8.08. The van der Waals surface area contributed by atoms with Crippen LogP contribution in [0.2, 0.25) is 0 Å². The Morgan fingerprint density at radius 3 is 2.34 bits per heavy atom. The lowest BCUT2D eigenvalue weighted by Crippen LogP contribution is -2.38. The SMILES string of the molecule is Cc1ccc(CNC(=O)c2cn(CCc3ccccn3)cc(C(=O)N3CCCCCC3)c2=O)cc1. The fourth-order valence-corrected chi connectivity index (χ4v) is 4.29. The van der Waals surface area contributed by atoms with Crippen LogP contribution in [0.25, 0.3) is 0 Å². The molecule has 0 saturated carbocycles. The number of carbonyl (C=O) groups excluding carboxylic acids is 2. The molecule has 182 valence electrons. The van der Waals surface area contributed by atoms with Crippen molar-refractivity contribution in [2.45, 2.75) is 52.1 Å². The average Bonchev–Trinajstić information content (AvgIpc) is 3.17. The van der Waals surface area contributed by atoms with Gasteiger partial charge in [-0.15, -0.1) is 0 Å². The maximum Gasteiger partial charge on any atom is 0.259 e. The molecule has 1 aromatic carbocycles. The zero-order chi connectivity index (χ0) is 24.6. The molecule has 4 rings (SSSR count). The van der Waals surface area contributed by atoms with Crippen LogP contribution in [0.3, 0.4) is 0 Å². The number of hydrogen-bond donors (Lipinski definition) is 1. The molecular weight excluding hydrogens is 440 g/mol. The van der Waals surface area contributed by atoms with E-state index >= 15 is 0 Å². The molecule has 1 aliphatic heterocycles. The highest BCUT2D eigenvalue weighted by Gasteiger charge is 2.24. The molecule has 7 nitrogen and oxygen atoms in total. The van der Waals surface area contributed by atoms with Crippen LogP contribution in [0.1, 0.15) is 63.2 Å². The van der Waals surface area contributed by atoms with Gasteiger partial charge in [0.2, 0.25) is 5.43 Å². The zero-order valence-electron chi connectivity index (χ0n) is 20.2. The van der Waals surface area contributed by atoms with Crippen molar-refractivity contribution in [1.82, 2.24) is 19.8 Å². The third kappa shape index (κ3) is 6.44. The number of likely N-dealkylation sites (tertiary alicyclic amines) is 1. The topological polar surface area (TPSA) is 84.3 Å². The summed E-state index contributed by atoms with van der Waals surface area (Å²) in [7, 11) is 0. The summed E-state index contributed by atoms with van der Waals surface area (Å²) in [5, 5.41) is 2.84. The Bertz CT molecular complexity index is 1210. The molecule has 3 aromatic rings. The number of rotatable bonds is 7. The first kappa shape index (κ1) is 24.4. The summed E-state index contributed by atoms with van der Waals surface area (Å²) in [6.45, 7) is 4.07. The second kappa shape index (κ2) is 11.6. The number of benzene rings is 1. The number of pyridine rings is 2. The Balaban J connectivity index is 1.60. The molecule has 1 aliphatic rings. The van der Waals surface area contributed by atoms with E-state index in [0.717, 1.165) is 42.5 Å². The summed E-state index contributed by atoms with van der Waals surface area (Å²) in [6, 6.07) is 13.6. The van der Waals surface area contributed by atoms with Crippen LogP contribution >= 0.6 is 0 Å². The summed E-state index contributed by atoms with van der Waals surface area (Å²) in [6.07, 6.45) is 9.51. The molecule has 7 heteroatoms. The van der Waals surface area contributed by atoms with Crippen molar-refractivity contribution in [3.8, 4) is 0 Å². The molecule has 0 atom stereocenters. The summed E-state index contributed by atoms with van der Waals surface area (Å²) in [5.41, 5.74) is 2.49. The molecule has 0 bridgehead atoms. The molecule has 35 heavy (non-hydrogen) atoms. The lowest BCUT2D eigenvalue weighted by Gasteiger charge is -2.21. The van der Waals surface area contributed by atoms with E-state index in [-0.39, 0.29) is 17.0 Å². The van der Waals surface area contributed by atoms with Crippen molar-refractivity contribution < 1.29 is 9.59 Å². The third-order valence-electron chi connectivity index (χ3n) is 6.37. The first-order valence-electron chi connectivity index (χ1n) is 12.3. The van der Waals surface area contributed by atoms with Gasteiger partial charge < -0.3 is 14.8 Å². The van der Waals surface area contributed by atoms with Gasteiger partial charge in [-0.05, 0) is 37.5 Å². The first-order chi connectivity index (χ1) is 17.0. The minimum Gasteiger partial charge on any atom is -0.352 e. The third-order valence-corrected chi connectivity index (χ3v) is 6.37. The lowest BCUT2D eigenvalue weighted by molar-refractivity contribution is 0.0759. The number of amides is 2. The van der Waals surface area contributed by atoms with Gasteiger partial charge in [0.15, 0.2) is 0 Å². The van der Waals surface area contributed by atoms with Gasteiger partial charge in [-0.2, -0.15) is 0 Å². The molecule has 0 aliphatic carbocycles. The number of nitrogens with zero attached hydrogens (tertiary/aromatic N) is 3. The second-order valence-electron chi connectivity index (χ2n) is 9.10. The van der Waals surface area contributed by atoms with Gasteiger partial charge in [0.05, 0.1) is 0 Å². The van der Waals surface area contributed by atoms with Crippen LogP contribution in [0.5, 0.6) is 0 Å². The van der Waals surface area contributed by atoms with Gasteiger partial charge in [0, 0.05) is 56.9 Å². The Hall–Kier alpha value is -3.74. The van der Waals surface area contributed by atoms with E-state index in [1.54, 1.807) is 28.1 Å². The number of aryl methyl sites for hydroxylation is 3. The number of aromatic nitrogens is 2. The fourth-order valence-electron chi connectivity index (χ4n) is 4.29. The standard InChI is InChI=1S/C28H32N4O3/c1-21-9-11-22(12-10-21)18-30-27(34)24-19-31(17-13-23-8-4-5-14-29-23)20-25(26(24)33)28(35)32-15-6-2-3-7-16-32/h4-5,8-12,14,19-20H,2-3,6-7,13,15-18H2,1H3,(H,30,34). The highest BCUT2D eigenvalue weighted by molar-refractivity contribution is 5.99. The van der Waals surface area contributed by atoms with Crippen molar-refractivity contribution in [3.63, 3.8) is 0 Å². The second-order valence-corrected chi connectivity index (χ2v) is 9.10. The molecule has 3 heterocycles. The normalized spacial score (nSPS) is 13.8. The van der Waals surface area contributed by atoms with Gasteiger partial charge in [0.25, 0.3) is 11.8 Å². The average molecular weight is 473 g/mol. The molecule has 2 aromatic heterocycles. The Morgan fingerprint density at radius 2 is 1.66 bits per heavy atom. The fraction of sp³-hybridized carbons (Fsp3) is 0.357. The molecule has 1 N–H and O–H groups in total. The highest BCUT2D eigenvalue weighted by Crippen LogP contribution is 2.13. The minimum atomic E-state index is -0.519. The van der Waals surface area contributed by atoms with Crippen LogP contribution in [-0.2, 0) is 19.5 Å². The van der Waals surface area contributed by atoms with Gasteiger partial charge in [0.1, 0.15) is 11.1 Å². The number of carbonyl (C=O) groups is 2. The van der Waals surface area contributed by atoms with Crippen LogP contribution < -0.4 is 10.7 Å². The maximum atomic E-state index is 13.4.